The average Bonchev–Trinajstić information content (AvgIpc) is 3.42. The highest BCUT2D eigenvalue weighted by atomic mass is 16.3. The fraction of sp³-hybridized carbons (Fsp3) is 0.208. The summed E-state index contributed by atoms with van der Waals surface area (Å²) in [5.41, 5.74) is 5.73. The lowest BCUT2D eigenvalue weighted by Gasteiger charge is -2.09. The summed E-state index contributed by atoms with van der Waals surface area (Å²) in [6.07, 6.45) is 4.67. The van der Waals surface area contributed by atoms with E-state index in [0.29, 0.717) is 35.1 Å². The standard InChI is InChI=1S/C24H23N7O/c1-4-31-23(15(2)32)27-21-20(16-8-11-25-12-9-16)26-22(28-24(21)31)18-7-5-6-17(14-18)19-10-13-30(3)29-19/h5-15,32H,4H2,1-3H3. The molecule has 0 radical (unpaired) electrons. The second-order valence-corrected chi connectivity index (χ2v) is 7.65. The number of aryl methyl sites for hydroxylation is 2. The summed E-state index contributed by atoms with van der Waals surface area (Å²) in [4.78, 5) is 18.6. The van der Waals surface area contributed by atoms with Crippen LogP contribution in [0.4, 0.5) is 0 Å². The molecule has 32 heavy (non-hydrogen) atoms. The molecular weight excluding hydrogens is 402 g/mol. The largest absolute Gasteiger partial charge is 0.385 e. The van der Waals surface area contributed by atoms with Crippen LogP contribution in [0.3, 0.4) is 0 Å². The third kappa shape index (κ3) is 3.44. The highest BCUT2D eigenvalue weighted by Crippen LogP contribution is 2.31. The number of nitrogens with zero attached hydrogens (tertiary/aromatic N) is 7. The van der Waals surface area contributed by atoms with Gasteiger partial charge < -0.3 is 9.67 Å². The van der Waals surface area contributed by atoms with Gasteiger partial charge in [0.05, 0.1) is 5.69 Å². The smallest absolute Gasteiger partial charge is 0.164 e. The van der Waals surface area contributed by atoms with Gasteiger partial charge >= 0.3 is 0 Å². The number of benzene rings is 1. The van der Waals surface area contributed by atoms with E-state index in [9.17, 15) is 5.11 Å². The summed E-state index contributed by atoms with van der Waals surface area (Å²) in [5, 5.41) is 14.8. The fourth-order valence-electron chi connectivity index (χ4n) is 3.88. The van der Waals surface area contributed by atoms with Gasteiger partial charge in [0.25, 0.3) is 0 Å². The van der Waals surface area contributed by atoms with Crippen LogP contribution in [0, 0.1) is 0 Å². The van der Waals surface area contributed by atoms with E-state index >= 15 is 0 Å². The summed E-state index contributed by atoms with van der Waals surface area (Å²) in [6, 6.07) is 13.8. The maximum absolute atomic E-state index is 10.3. The van der Waals surface area contributed by atoms with Crippen molar-refractivity contribution >= 4 is 11.2 Å². The van der Waals surface area contributed by atoms with Crippen molar-refractivity contribution in [3.63, 3.8) is 0 Å². The van der Waals surface area contributed by atoms with Crippen LogP contribution in [-0.4, -0.2) is 39.4 Å². The van der Waals surface area contributed by atoms with E-state index in [1.54, 1.807) is 24.0 Å². The van der Waals surface area contributed by atoms with Gasteiger partial charge in [0.1, 0.15) is 23.1 Å². The fourth-order valence-corrected chi connectivity index (χ4v) is 3.88. The van der Waals surface area contributed by atoms with Crippen LogP contribution < -0.4 is 0 Å². The SMILES string of the molecule is CCn1c(C(C)O)nc2c(-c3ccncc3)nc(-c3cccc(-c4ccn(C)n4)c3)nc21. The van der Waals surface area contributed by atoms with Crippen molar-refractivity contribution in [2.24, 2.45) is 7.05 Å². The Morgan fingerprint density at radius 1 is 0.969 bits per heavy atom. The van der Waals surface area contributed by atoms with Crippen molar-refractivity contribution in [1.82, 2.24) is 34.3 Å². The lowest BCUT2D eigenvalue weighted by molar-refractivity contribution is 0.184. The van der Waals surface area contributed by atoms with Crippen molar-refractivity contribution < 1.29 is 5.11 Å². The molecule has 0 aliphatic heterocycles. The Morgan fingerprint density at radius 2 is 1.75 bits per heavy atom. The molecule has 8 heteroatoms. The molecule has 8 nitrogen and oxygen atoms in total. The Hall–Kier alpha value is -3.91. The maximum atomic E-state index is 10.3. The first-order valence-electron chi connectivity index (χ1n) is 10.5. The van der Waals surface area contributed by atoms with Gasteiger partial charge in [0.2, 0.25) is 0 Å². The van der Waals surface area contributed by atoms with Crippen molar-refractivity contribution in [2.45, 2.75) is 26.5 Å². The number of aliphatic hydroxyl groups is 1. The lowest BCUT2D eigenvalue weighted by atomic mass is 10.1. The van der Waals surface area contributed by atoms with Gasteiger partial charge in [-0.05, 0) is 38.1 Å². The highest BCUT2D eigenvalue weighted by Gasteiger charge is 2.21. The second kappa shape index (κ2) is 7.97. The Kier molecular flexibility index (Phi) is 4.99. The van der Waals surface area contributed by atoms with Crippen LogP contribution in [0.1, 0.15) is 25.8 Å². The number of rotatable bonds is 5. The molecule has 0 fully saturated rings. The van der Waals surface area contributed by atoms with Crippen LogP contribution >= 0.6 is 0 Å². The van der Waals surface area contributed by atoms with Crippen LogP contribution in [0.5, 0.6) is 0 Å². The molecule has 0 saturated heterocycles. The summed E-state index contributed by atoms with van der Waals surface area (Å²) in [6.45, 7) is 4.36. The van der Waals surface area contributed by atoms with Gasteiger partial charge in [0.15, 0.2) is 11.5 Å². The minimum absolute atomic E-state index is 0.575. The first-order chi connectivity index (χ1) is 15.5. The third-order valence-electron chi connectivity index (χ3n) is 5.40. The summed E-state index contributed by atoms with van der Waals surface area (Å²) in [5.74, 6) is 1.17. The first-order valence-corrected chi connectivity index (χ1v) is 10.5. The van der Waals surface area contributed by atoms with E-state index in [1.165, 1.54) is 0 Å². The minimum atomic E-state index is -0.717. The molecule has 1 atom stereocenters. The molecular formula is C24H23N7O. The van der Waals surface area contributed by atoms with Crippen molar-refractivity contribution in [1.29, 1.82) is 0 Å². The van der Waals surface area contributed by atoms with Crippen LogP contribution in [0.25, 0.3) is 45.1 Å². The molecule has 5 aromatic rings. The molecule has 0 aliphatic carbocycles. The van der Waals surface area contributed by atoms with E-state index in [1.807, 2.05) is 67.2 Å². The van der Waals surface area contributed by atoms with E-state index in [-0.39, 0.29) is 0 Å². The molecule has 4 aromatic heterocycles. The van der Waals surface area contributed by atoms with E-state index in [2.05, 4.69) is 10.1 Å². The van der Waals surface area contributed by atoms with Gasteiger partial charge in [-0.25, -0.2) is 15.0 Å². The molecule has 160 valence electrons. The van der Waals surface area contributed by atoms with E-state index in [4.69, 9.17) is 15.0 Å². The predicted octanol–water partition coefficient (Wildman–Crippen LogP) is 4.03. The molecule has 1 aromatic carbocycles. The number of aliphatic hydroxyl groups excluding tert-OH is 1. The van der Waals surface area contributed by atoms with Crippen LogP contribution in [-0.2, 0) is 13.6 Å². The number of hydrogen-bond donors (Lipinski definition) is 1. The first kappa shape index (κ1) is 20.0. The van der Waals surface area contributed by atoms with E-state index in [0.717, 1.165) is 22.4 Å². The molecule has 0 spiro atoms. The van der Waals surface area contributed by atoms with Crippen molar-refractivity contribution in [3.8, 4) is 33.9 Å². The molecule has 1 unspecified atom stereocenters. The quantitative estimate of drug-likeness (QED) is 0.457. The predicted molar refractivity (Wildman–Crippen MR) is 122 cm³/mol. The number of imidazole rings is 1. The molecule has 1 N–H and O–H groups in total. The molecule has 0 aliphatic rings. The normalized spacial score (nSPS) is 12.4. The molecule has 5 rings (SSSR count). The zero-order valence-corrected chi connectivity index (χ0v) is 18.1. The summed E-state index contributed by atoms with van der Waals surface area (Å²) >= 11 is 0. The maximum Gasteiger partial charge on any atom is 0.164 e. The molecule has 0 bridgehead atoms. The molecule has 0 amide bonds. The minimum Gasteiger partial charge on any atom is -0.385 e. The Labute approximate surface area is 185 Å². The topological polar surface area (TPSA) is 94.5 Å². The van der Waals surface area contributed by atoms with E-state index < -0.39 is 6.10 Å². The molecule has 0 saturated carbocycles. The molecule has 4 heterocycles. The highest BCUT2D eigenvalue weighted by molar-refractivity contribution is 5.89. The summed E-state index contributed by atoms with van der Waals surface area (Å²) in [7, 11) is 1.90. The van der Waals surface area contributed by atoms with Gasteiger partial charge in [0, 0.05) is 48.9 Å². The number of fused-ring (bicyclic) bond motifs is 1. The Bertz CT molecular complexity index is 1400. The monoisotopic (exact) mass is 425 g/mol. The van der Waals surface area contributed by atoms with Gasteiger partial charge in [-0.1, -0.05) is 18.2 Å². The Balaban J connectivity index is 1.76. The summed E-state index contributed by atoms with van der Waals surface area (Å²) < 4.78 is 3.72. The second-order valence-electron chi connectivity index (χ2n) is 7.65. The van der Waals surface area contributed by atoms with Gasteiger partial charge in [-0.2, -0.15) is 5.10 Å². The van der Waals surface area contributed by atoms with Gasteiger partial charge in [-0.15, -0.1) is 0 Å². The van der Waals surface area contributed by atoms with Crippen LogP contribution in [0.15, 0.2) is 61.1 Å². The van der Waals surface area contributed by atoms with Gasteiger partial charge in [-0.3, -0.25) is 9.67 Å². The zero-order valence-electron chi connectivity index (χ0n) is 18.1. The van der Waals surface area contributed by atoms with Crippen molar-refractivity contribution in [2.75, 3.05) is 0 Å². The van der Waals surface area contributed by atoms with Crippen molar-refractivity contribution in [3.05, 3.63) is 66.9 Å². The van der Waals surface area contributed by atoms with Crippen LogP contribution in [0.2, 0.25) is 0 Å². The Morgan fingerprint density at radius 3 is 2.44 bits per heavy atom. The third-order valence-corrected chi connectivity index (χ3v) is 5.40. The lowest BCUT2D eigenvalue weighted by Crippen LogP contribution is -2.06. The zero-order chi connectivity index (χ0) is 22.2. The average molecular weight is 425 g/mol. The number of aromatic nitrogens is 7. The number of pyridine rings is 1. The number of hydrogen-bond acceptors (Lipinski definition) is 6.